The number of rotatable bonds is 2. The van der Waals surface area contributed by atoms with Crippen LogP contribution in [0, 0.1) is 0 Å². The van der Waals surface area contributed by atoms with E-state index in [9.17, 15) is 0 Å². The lowest BCUT2D eigenvalue weighted by atomic mass is 9.80. The Morgan fingerprint density at radius 1 is 1.06 bits per heavy atom. The molecule has 1 aliphatic rings. The van der Waals surface area contributed by atoms with Crippen LogP contribution in [0.15, 0.2) is 24.3 Å². The van der Waals surface area contributed by atoms with Gasteiger partial charge in [0, 0.05) is 6.04 Å². The summed E-state index contributed by atoms with van der Waals surface area (Å²) < 4.78 is 0. The average molecular weight is 217 g/mol. The van der Waals surface area contributed by atoms with Gasteiger partial charge in [-0.3, -0.25) is 0 Å². The third-order valence-corrected chi connectivity index (χ3v) is 3.85. The van der Waals surface area contributed by atoms with Crippen LogP contribution >= 0.6 is 0 Å². The van der Waals surface area contributed by atoms with Crippen LogP contribution in [0.3, 0.4) is 0 Å². The van der Waals surface area contributed by atoms with E-state index in [-0.39, 0.29) is 0 Å². The van der Waals surface area contributed by atoms with E-state index in [0.717, 1.165) is 0 Å². The molecule has 88 valence electrons. The first kappa shape index (κ1) is 11.7. The fourth-order valence-corrected chi connectivity index (χ4v) is 2.70. The molecule has 1 nitrogen and oxygen atoms in total. The number of hydrogen-bond acceptors (Lipinski definition) is 1. The standard InChI is InChI=1S/C15H23N/c1-11(2)12-7-9-13(10-8-12)14-5-3-4-6-15(14)16/h7-11,14-15H,3-6,16H2,1-2H3. The van der Waals surface area contributed by atoms with Crippen LogP contribution in [0.25, 0.3) is 0 Å². The number of benzene rings is 1. The molecule has 1 heteroatoms. The summed E-state index contributed by atoms with van der Waals surface area (Å²) in [5, 5.41) is 0. The Kier molecular flexibility index (Phi) is 3.65. The zero-order valence-electron chi connectivity index (χ0n) is 10.4. The second-order valence-electron chi connectivity index (χ2n) is 5.38. The Bertz CT molecular complexity index is 326. The van der Waals surface area contributed by atoms with E-state index in [1.807, 2.05) is 0 Å². The van der Waals surface area contributed by atoms with Gasteiger partial charge < -0.3 is 5.73 Å². The van der Waals surface area contributed by atoms with Crippen molar-refractivity contribution in [2.45, 2.75) is 57.4 Å². The van der Waals surface area contributed by atoms with Gasteiger partial charge in [-0.25, -0.2) is 0 Å². The Balaban J connectivity index is 2.14. The number of nitrogens with two attached hydrogens (primary N) is 1. The van der Waals surface area contributed by atoms with Crippen LogP contribution in [0.1, 0.15) is 62.5 Å². The van der Waals surface area contributed by atoms with Gasteiger partial charge in [0.15, 0.2) is 0 Å². The lowest BCUT2D eigenvalue weighted by Gasteiger charge is -2.29. The second-order valence-corrected chi connectivity index (χ2v) is 5.38. The molecule has 0 aromatic heterocycles. The molecule has 1 saturated carbocycles. The smallest absolute Gasteiger partial charge is 0.0108 e. The van der Waals surface area contributed by atoms with E-state index in [2.05, 4.69) is 38.1 Å². The summed E-state index contributed by atoms with van der Waals surface area (Å²) >= 11 is 0. The summed E-state index contributed by atoms with van der Waals surface area (Å²) in [6, 6.07) is 9.47. The molecule has 2 unspecified atom stereocenters. The van der Waals surface area contributed by atoms with Gasteiger partial charge in [-0.1, -0.05) is 51.0 Å². The predicted molar refractivity (Wildman–Crippen MR) is 69.7 cm³/mol. The van der Waals surface area contributed by atoms with Crippen molar-refractivity contribution in [3.63, 3.8) is 0 Å². The lowest BCUT2D eigenvalue weighted by molar-refractivity contribution is 0.385. The molecule has 0 amide bonds. The fraction of sp³-hybridized carbons (Fsp3) is 0.600. The highest BCUT2D eigenvalue weighted by atomic mass is 14.7. The van der Waals surface area contributed by atoms with E-state index >= 15 is 0 Å². The summed E-state index contributed by atoms with van der Waals surface area (Å²) in [5.41, 5.74) is 9.07. The Hall–Kier alpha value is -0.820. The Morgan fingerprint density at radius 3 is 2.25 bits per heavy atom. The zero-order valence-corrected chi connectivity index (χ0v) is 10.4. The minimum atomic E-state index is 0.374. The van der Waals surface area contributed by atoms with Gasteiger partial charge in [-0.15, -0.1) is 0 Å². The molecule has 1 aliphatic carbocycles. The van der Waals surface area contributed by atoms with Crippen molar-refractivity contribution in [1.29, 1.82) is 0 Å². The maximum atomic E-state index is 6.21. The van der Waals surface area contributed by atoms with E-state index in [0.29, 0.717) is 17.9 Å². The highest BCUT2D eigenvalue weighted by molar-refractivity contribution is 5.28. The molecule has 0 spiro atoms. The third-order valence-electron chi connectivity index (χ3n) is 3.85. The molecule has 16 heavy (non-hydrogen) atoms. The molecule has 2 rings (SSSR count). The van der Waals surface area contributed by atoms with Crippen LogP contribution in [0.2, 0.25) is 0 Å². The highest BCUT2D eigenvalue weighted by Gasteiger charge is 2.23. The van der Waals surface area contributed by atoms with Crippen LogP contribution < -0.4 is 5.73 Å². The Labute approximate surface area is 99.0 Å². The zero-order chi connectivity index (χ0) is 11.5. The SMILES string of the molecule is CC(C)c1ccc(C2CCCCC2N)cc1. The van der Waals surface area contributed by atoms with Crippen LogP contribution in [-0.4, -0.2) is 6.04 Å². The quantitative estimate of drug-likeness (QED) is 0.801. The first-order chi connectivity index (χ1) is 7.68. The highest BCUT2D eigenvalue weighted by Crippen LogP contribution is 2.32. The molecule has 1 aromatic rings. The van der Waals surface area contributed by atoms with Crippen molar-refractivity contribution >= 4 is 0 Å². The van der Waals surface area contributed by atoms with Gasteiger partial charge in [-0.2, -0.15) is 0 Å². The van der Waals surface area contributed by atoms with Crippen molar-refractivity contribution in [1.82, 2.24) is 0 Å². The van der Waals surface area contributed by atoms with Crippen LogP contribution in [-0.2, 0) is 0 Å². The molecule has 2 atom stereocenters. The topological polar surface area (TPSA) is 26.0 Å². The molecule has 2 N–H and O–H groups in total. The Morgan fingerprint density at radius 2 is 1.69 bits per heavy atom. The van der Waals surface area contributed by atoms with Crippen molar-refractivity contribution in [3.05, 3.63) is 35.4 Å². The molecule has 0 radical (unpaired) electrons. The summed E-state index contributed by atoms with van der Waals surface area (Å²) in [7, 11) is 0. The molecule has 0 aliphatic heterocycles. The molecule has 1 fully saturated rings. The van der Waals surface area contributed by atoms with Gasteiger partial charge in [-0.05, 0) is 35.8 Å². The fourth-order valence-electron chi connectivity index (χ4n) is 2.70. The van der Waals surface area contributed by atoms with Crippen molar-refractivity contribution < 1.29 is 0 Å². The van der Waals surface area contributed by atoms with Crippen molar-refractivity contribution in [2.24, 2.45) is 5.73 Å². The van der Waals surface area contributed by atoms with Crippen LogP contribution in [0.4, 0.5) is 0 Å². The van der Waals surface area contributed by atoms with E-state index in [1.165, 1.54) is 36.8 Å². The molecule has 1 aromatic carbocycles. The maximum absolute atomic E-state index is 6.21. The first-order valence-electron chi connectivity index (χ1n) is 6.54. The summed E-state index contributed by atoms with van der Waals surface area (Å²) in [4.78, 5) is 0. The van der Waals surface area contributed by atoms with E-state index < -0.39 is 0 Å². The largest absolute Gasteiger partial charge is 0.327 e. The van der Waals surface area contributed by atoms with E-state index in [4.69, 9.17) is 5.73 Å². The first-order valence-corrected chi connectivity index (χ1v) is 6.54. The van der Waals surface area contributed by atoms with Gasteiger partial charge >= 0.3 is 0 Å². The average Bonchev–Trinajstić information content (AvgIpc) is 2.30. The normalized spacial score (nSPS) is 26.0. The van der Waals surface area contributed by atoms with Crippen molar-refractivity contribution in [3.8, 4) is 0 Å². The number of hydrogen-bond donors (Lipinski definition) is 1. The molecular formula is C15H23N. The molecule has 0 heterocycles. The minimum Gasteiger partial charge on any atom is -0.327 e. The lowest BCUT2D eigenvalue weighted by Crippen LogP contribution is -2.31. The predicted octanol–water partition coefficient (Wildman–Crippen LogP) is 3.79. The van der Waals surface area contributed by atoms with Crippen molar-refractivity contribution in [2.75, 3.05) is 0 Å². The van der Waals surface area contributed by atoms with Crippen LogP contribution in [0.5, 0.6) is 0 Å². The summed E-state index contributed by atoms with van der Waals surface area (Å²) in [6.07, 6.45) is 5.10. The van der Waals surface area contributed by atoms with Gasteiger partial charge in [0.05, 0.1) is 0 Å². The van der Waals surface area contributed by atoms with Gasteiger partial charge in [0.1, 0.15) is 0 Å². The van der Waals surface area contributed by atoms with Gasteiger partial charge in [0.25, 0.3) is 0 Å². The second kappa shape index (κ2) is 5.01. The summed E-state index contributed by atoms with van der Waals surface area (Å²) in [6.45, 7) is 4.47. The molecule has 0 bridgehead atoms. The van der Waals surface area contributed by atoms with Gasteiger partial charge in [0.2, 0.25) is 0 Å². The molecular weight excluding hydrogens is 194 g/mol. The summed E-state index contributed by atoms with van der Waals surface area (Å²) in [5.74, 6) is 1.21. The molecule has 0 saturated heterocycles. The third kappa shape index (κ3) is 2.46. The maximum Gasteiger partial charge on any atom is 0.0108 e. The monoisotopic (exact) mass is 217 g/mol. The minimum absolute atomic E-state index is 0.374. The van der Waals surface area contributed by atoms with E-state index in [1.54, 1.807) is 0 Å².